The fourth-order valence-electron chi connectivity index (χ4n) is 2.56. The van der Waals surface area contributed by atoms with Crippen molar-refractivity contribution in [3.05, 3.63) is 58.5 Å². The molecule has 0 bridgehead atoms. The summed E-state index contributed by atoms with van der Waals surface area (Å²) < 4.78 is 39.7. The summed E-state index contributed by atoms with van der Waals surface area (Å²) in [5.41, 5.74) is 6.27. The first-order valence-electron chi connectivity index (χ1n) is 8.07. The van der Waals surface area contributed by atoms with Gasteiger partial charge in [0.15, 0.2) is 0 Å². The van der Waals surface area contributed by atoms with E-state index in [4.69, 9.17) is 5.73 Å². The van der Waals surface area contributed by atoms with Crippen LogP contribution in [0.1, 0.15) is 25.5 Å². The van der Waals surface area contributed by atoms with Gasteiger partial charge in [0.1, 0.15) is 0 Å². The lowest BCUT2D eigenvalue weighted by molar-refractivity contribution is -0.137. The third-order valence-corrected chi connectivity index (χ3v) is 3.88. The largest absolute Gasteiger partial charge is 0.416 e. The van der Waals surface area contributed by atoms with Gasteiger partial charge in [-0.3, -0.25) is 4.79 Å². The maximum Gasteiger partial charge on any atom is 0.416 e. The highest BCUT2D eigenvalue weighted by molar-refractivity contribution is 5.78. The molecule has 2 aromatic heterocycles. The van der Waals surface area contributed by atoms with E-state index in [1.54, 1.807) is 0 Å². The van der Waals surface area contributed by atoms with Crippen molar-refractivity contribution in [1.82, 2.24) is 19.7 Å². The minimum Gasteiger partial charge on any atom is -0.368 e. The van der Waals surface area contributed by atoms with E-state index in [1.165, 1.54) is 35.1 Å². The summed E-state index contributed by atoms with van der Waals surface area (Å²) in [6.07, 6.45) is -2.99. The van der Waals surface area contributed by atoms with E-state index >= 15 is 0 Å². The Morgan fingerprint density at radius 2 is 1.74 bits per heavy atom. The van der Waals surface area contributed by atoms with Gasteiger partial charge in [-0.15, -0.1) is 0 Å². The molecule has 0 radical (unpaired) electrons. The van der Waals surface area contributed by atoms with E-state index in [0.29, 0.717) is 22.5 Å². The SMILES string of the molecule is CC(C)n1nc(-c2cnc(N)nc2-c2ccc(C(F)(F)F)cc2)ccc1=O. The van der Waals surface area contributed by atoms with Crippen LogP contribution in [0.15, 0.2) is 47.4 Å². The Morgan fingerprint density at radius 1 is 1.07 bits per heavy atom. The summed E-state index contributed by atoms with van der Waals surface area (Å²) in [5, 5.41) is 4.32. The van der Waals surface area contributed by atoms with E-state index < -0.39 is 11.7 Å². The number of aromatic nitrogens is 4. The Hall–Kier alpha value is -3.23. The smallest absolute Gasteiger partial charge is 0.368 e. The topological polar surface area (TPSA) is 86.7 Å². The monoisotopic (exact) mass is 375 g/mol. The van der Waals surface area contributed by atoms with E-state index in [-0.39, 0.29) is 17.5 Å². The van der Waals surface area contributed by atoms with Crippen molar-refractivity contribution in [2.45, 2.75) is 26.1 Å². The predicted molar refractivity (Wildman–Crippen MR) is 94.8 cm³/mol. The normalized spacial score (nSPS) is 11.8. The second-order valence-electron chi connectivity index (χ2n) is 6.16. The summed E-state index contributed by atoms with van der Waals surface area (Å²) in [6, 6.07) is 7.29. The van der Waals surface area contributed by atoms with Crippen molar-refractivity contribution < 1.29 is 13.2 Å². The van der Waals surface area contributed by atoms with Gasteiger partial charge in [-0.2, -0.15) is 18.3 Å². The average molecular weight is 375 g/mol. The molecule has 3 aromatic rings. The Labute approximate surface area is 152 Å². The van der Waals surface area contributed by atoms with Crippen LogP contribution in [0, 0.1) is 0 Å². The molecule has 27 heavy (non-hydrogen) atoms. The van der Waals surface area contributed by atoms with Crippen molar-refractivity contribution in [2.24, 2.45) is 0 Å². The van der Waals surface area contributed by atoms with Crippen molar-refractivity contribution in [3.8, 4) is 22.5 Å². The minimum atomic E-state index is -4.43. The highest BCUT2D eigenvalue weighted by atomic mass is 19.4. The third-order valence-electron chi connectivity index (χ3n) is 3.88. The lowest BCUT2D eigenvalue weighted by atomic mass is 10.0. The first-order valence-corrected chi connectivity index (χ1v) is 8.07. The number of benzene rings is 1. The minimum absolute atomic E-state index is 0.0224. The molecule has 2 heterocycles. The zero-order chi connectivity index (χ0) is 19.8. The van der Waals surface area contributed by atoms with Crippen LogP contribution in [0.25, 0.3) is 22.5 Å². The van der Waals surface area contributed by atoms with Gasteiger partial charge in [0.25, 0.3) is 5.56 Å². The molecular weight excluding hydrogens is 359 g/mol. The van der Waals surface area contributed by atoms with Crippen LogP contribution in [0.2, 0.25) is 0 Å². The third kappa shape index (κ3) is 3.81. The molecule has 0 saturated carbocycles. The van der Waals surface area contributed by atoms with Gasteiger partial charge in [0.2, 0.25) is 5.95 Å². The van der Waals surface area contributed by atoms with Crippen molar-refractivity contribution >= 4 is 5.95 Å². The lowest BCUT2D eigenvalue weighted by Crippen LogP contribution is -2.24. The fourth-order valence-corrected chi connectivity index (χ4v) is 2.56. The quantitative estimate of drug-likeness (QED) is 0.757. The maximum absolute atomic E-state index is 12.8. The van der Waals surface area contributed by atoms with Crippen molar-refractivity contribution in [3.63, 3.8) is 0 Å². The molecule has 0 saturated heterocycles. The Kier molecular flexibility index (Phi) is 4.69. The zero-order valence-electron chi connectivity index (χ0n) is 14.5. The van der Waals surface area contributed by atoms with Crippen LogP contribution in [-0.2, 0) is 6.18 Å². The number of rotatable bonds is 3. The van der Waals surface area contributed by atoms with Gasteiger partial charge >= 0.3 is 6.18 Å². The Balaban J connectivity index is 2.15. The molecule has 0 aliphatic heterocycles. The fraction of sp³-hybridized carbons (Fsp3) is 0.222. The molecule has 0 aliphatic rings. The number of anilines is 1. The summed E-state index contributed by atoms with van der Waals surface area (Å²) >= 11 is 0. The molecule has 0 fully saturated rings. The van der Waals surface area contributed by atoms with Gasteiger partial charge in [-0.05, 0) is 32.0 Å². The highest BCUT2D eigenvalue weighted by Crippen LogP contribution is 2.33. The number of alkyl halides is 3. The molecule has 1 aromatic carbocycles. The van der Waals surface area contributed by atoms with Gasteiger partial charge < -0.3 is 5.73 Å². The lowest BCUT2D eigenvalue weighted by Gasteiger charge is -2.13. The standard InChI is InChI=1S/C18H16F3N5O/c1-10(2)26-15(27)8-7-14(25-26)13-9-23-17(22)24-16(13)11-3-5-12(6-4-11)18(19,20)21/h3-10H,1-2H3,(H2,22,23,24). The van der Waals surface area contributed by atoms with Crippen LogP contribution in [-0.4, -0.2) is 19.7 Å². The first kappa shape index (κ1) is 18.6. The predicted octanol–water partition coefficient (Wildman–Crippen LogP) is 3.55. The maximum atomic E-state index is 12.8. The molecule has 0 spiro atoms. The van der Waals surface area contributed by atoms with Gasteiger partial charge in [-0.1, -0.05) is 12.1 Å². The van der Waals surface area contributed by atoms with Crippen LogP contribution < -0.4 is 11.3 Å². The van der Waals surface area contributed by atoms with E-state index in [9.17, 15) is 18.0 Å². The molecule has 2 N–H and O–H groups in total. The highest BCUT2D eigenvalue weighted by Gasteiger charge is 2.30. The number of nitrogens with two attached hydrogens (primary N) is 1. The summed E-state index contributed by atoms with van der Waals surface area (Å²) in [6.45, 7) is 3.63. The average Bonchev–Trinajstić information content (AvgIpc) is 2.61. The second kappa shape index (κ2) is 6.82. The zero-order valence-corrected chi connectivity index (χ0v) is 14.5. The molecule has 140 valence electrons. The molecule has 0 unspecified atom stereocenters. The molecule has 3 rings (SSSR count). The molecule has 0 atom stereocenters. The van der Waals surface area contributed by atoms with Crippen LogP contribution >= 0.6 is 0 Å². The van der Waals surface area contributed by atoms with Gasteiger partial charge in [0.05, 0.1) is 23.0 Å². The summed E-state index contributed by atoms with van der Waals surface area (Å²) in [4.78, 5) is 20.0. The van der Waals surface area contributed by atoms with Gasteiger partial charge in [-0.25, -0.2) is 14.6 Å². The summed E-state index contributed by atoms with van der Waals surface area (Å²) in [5.74, 6) is -0.0224. The van der Waals surface area contributed by atoms with Crippen LogP contribution in [0.4, 0.5) is 19.1 Å². The number of nitrogens with zero attached hydrogens (tertiary/aromatic N) is 4. The van der Waals surface area contributed by atoms with E-state index in [2.05, 4.69) is 15.1 Å². The Bertz CT molecular complexity index is 1030. The van der Waals surface area contributed by atoms with E-state index in [0.717, 1.165) is 12.1 Å². The summed E-state index contributed by atoms with van der Waals surface area (Å²) in [7, 11) is 0. The molecular formula is C18H16F3N5O. The first-order chi connectivity index (χ1) is 12.7. The van der Waals surface area contributed by atoms with Crippen LogP contribution in [0.3, 0.4) is 0 Å². The molecule has 9 heteroatoms. The number of nitrogen functional groups attached to an aromatic ring is 1. The van der Waals surface area contributed by atoms with Crippen LogP contribution in [0.5, 0.6) is 0 Å². The number of halogens is 3. The second-order valence-corrected chi connectivity index (χ2v) is 6.16. The number of hydrogen-bond donors (Lipinski definition) is 1. The van der Waals surface area contributed by atoms with E-state index in [1.807, 2.05) is 13.8 Å². The van der Waals surface area contributed by atoms with Crippen molar-refractivity contribution in [1.29, 1.82) is 0 Å². The number of hydrogen-bond acceptors (Lipinski definition) is 5. The Morgan fingerprint density at radius 3 is 2.33 bits per heavy atom. The van der Waals surface area contributed by atoms with Gasteiger partial charge in [0, 0.05) is 23.4 Å². The molecule has 6 nitrogen and oxygen atoms in total. The molecule has 0 aliphatic carbocycles. The van der Waals surface area contributed by atoms with Crippen molar-refractivity contribution in [2.75, 3.05) is 5.73 Å². The molecule has 0 amide bonds.